The molecular formula is C23H29N3O6. The molecule has 0 saturated heterocycles. The molecule has 0 radical (unpaired) electrons. The number of benzene rings is 1. The minimum Gasteiger partial charge on any atom is -0.481 e. The first-order valence-electron chi connectivity index (χ1n) is 10.4. The van der Waals surface area contributed by atoms with Crippen molar-refractivity contribution < 1.29 is 29.0 Å². The van der Waals surface area contributed by atoms with Gasteiger partial charge in [0.25, 0.3) is 5.91 Å². The zero-order valence-electron chi connectivity index (χ0n) is 18.9. The molecular weight excluding hydrogens is 414 g/mol. The van der Waals surface area contributed by atoms with Crippen LogP contribution in [-0.4, -0.2) is 66.2 Å². The average Bonchev–Trinajstić information content (AvgIpc) is 2.78. The number of nitrogens with zero attached hydrogens (tertiary/aromatic N) is 2. The topological polar surface area (TPSA) is 116 Å². The van der Waals surface area contributed by atoms with Crippen LogP contribution in [0.4, 0.5) is 10.5 Å². The molecule has 1 aliphatic rings. The van der Waals surface area contributed by atoms with Gasteiger partial charge in [0.1, 0.15) is 12.1 Å². The summed E-state index contributed by atoms with van der Waals surface area (Å²) in [5.74, 6) is 4.27. The van der Waals surface area contributed by atoms with Crippen molar-refractivity contribution in [3.8, 4) is 11.8 Å². The third kappa shape index (κ3) is 7.30. The van der Waals surface area contributed by atoms with Crippen molar-refractivity contribution in [3.63, 3.8) is 0 Å². The van der Waals surface area contributed by atoms with Crippen LogP contribution in [-0.2, 0) is 14.3 Å². The van der Waals surface area contributed by atoms with E-state index in [4.69, 9.17) is 9.84 Å². The summed E-state index contributed by atoms with van der Waals surface area (Å²) < 4.78 is 5.16. The molecule has 1 aliphatic heterocycles. The fourth-order valence-corrected chi connectivity index (χ4v) is 2.98. The summed E-state index contributed by atoms with van der Waals surface area (Å²) in [6.45, 7) is 5.58. The Kier molecular flexibility index (Phi) is 8.24. The number of alkyl carbamates (subject to hydrolysis) is 1. The number of carbonyl (C=O) groups excluding carboxylic acids is 3. The molecule has 1 aromatic rings. The van der Waals surface area contributed by atoms with Gasteiger partial charge in [-0.3, -0.25) is 14.4 Å². The molecule has 0 aromatic heterocycles. The first-order valence-corrected chi connectivity index (χ1v) is 10.4. The summed E-state index contributed by atoms with van der Waals surface area (Å²) in [5, 5.41) is 11.6. The van der Waals surface area contributed by atoms with Gasteiger partial charge in [0.15, 0.2) is 0 Å². The molecule has 2 rings (SSSR count). The zero-order chi connectivity index (χ0) is 23.9. The molecule has 0 spiro atoms. The summed E-state index contributed by atoms with van der Waals surface area (Å²) in [7, 11) is 1.58. The van der Waals surface area contributed by atoms with Gasteiger partial charge in [-0.2, -0.15) is 0 Å². The number of unbranched alkanes of at least 4 members (excludes halogenated alkanes) is 1. The Hall–Kier alpha value is -3.54. The van der Waals surface area contributed by atoms with Crippen molar-refractivity contribution >= 4 is 29.6 Å². The number of carboxylic acids is 1. The molecule has 0 aliphatic carbocycles. The standard InChI is InChI=1S/C23H29N3O6/c1-23(2,3)32-22(31)24-12-7-5-6-8-16-9-10-18-17(14-16)21(30)26(13-11-20(28)29)15-19(27)25(18)4/h9-10,14H,5,7,11-13,15H2,1-4H3,(H,24,31)(H,28,29). The van der Waals surface area contributed by atoms with Gasteiger partial charge in [0, 0.05) is 32.1 Å². The van der Waals surface area contributed by atoms with Gasteiger partial charge in [-0.1, -0.05) is 11.8 Å². The highest BCUT2D eigenvalue weighted by Gasteiger charge is 2.30. The van der Waals surface area contributed by atoms with E-state index >= 15 is 0 Å². The molecule has 0 atom stereocenters. The SMILES string of the molecule is CN1C(=O)CN(CCC(=O)O)C(=O)c2cc(C#CCCCNC(=O)OC(C)(C)C)ccc21. The number of aliphatic carboxylic acids is 1. The highest BCUT2D eigenvalue weighted by molar-refractivity contribution is 6.09. The fraction of sp³-hybridized carbons (Fsp3) is 0.478. The van der Waals surface area contributed by atoms with Crippen molar-refractivity contribution in [2.24, 2.45) is 0 Å². The Morgan fingerprint density at radius 3 is 2.62 bits per heavy atom. The first-order chi connectivity index (χ1) is 15.0. The fourth-order valence-electron chi connectivity index (χ4n) is 2.98. The van der Waals surface area contributed by atoms with E-state index in [0.717, 1.165) is 0 Å². The molecule has 0 fully saturated rings. The van der Waals surface area contributed by atoms with Gasteiger partial charge in [-0.15, -0.1) is 0 Å². The zero-order valence-corrected chi connectivity index (χ0v) is 18.9. The number of nitrogens with one attached hydrogen (secondary N) is 1. The highest BCUT2D eigenvalue weighted by Crippen LogP contribution is 2.26. The number of carboxylic acid groups (broad SMARTS) is 1. The van der Waals surface area contributed by atoms with Crippen LogP contribution in [0.3, 0.4) is 0 Å². The minimum atomic E-state index is -1.04. The molecule has 0 bridgehead atoms. The quantitative estimate of drug-likeness (QED) is 0.515. The van der Waals surface area contributed by atoms with Gasteiger partial charge in [0.2, 0.25) is 5.91 Å². The summed E-state index contributed by atoms with van der Waals surface area (Å²) >= 11 is 0. The lowest BCUT2D eigenvalue weighted by atomic mass is 10.1. The number of fused-ring (bicyclic) bond motifs is 1. The Labute approximate surface area is 187 Å². The van der Waals surface area contributed by atoms with Crippen LogP contribution < -0.4 is 10.2 Å². The Morgan fingerprint density at radius 2 is 1.97 bits per heavy atom. The predicted molar refractivity (Wildman–Crippen MR) is 118 cm³/mol. The number of hydrogen-bond acceptors (Lipinski definition) is 5. The van der Waals surface area contributed by atoms with Crippen LogP contribution in [0.25, 0.3) is 0 Å². The number of likely N-dealkylation sites (N-methyl/N-ethyl adjacent to an activating group) is 1. The molecule has 1 heterocycles. The summed E-state index contributed by atoms with van der Waals surface area (Å²) in [4.78, 5) is 50.4. The second kappa shape index (κ2) is 10.7. The largest absolute Gasteiger partial charge is 0.481 e. The van der Waals surface area contributed by atoms with Gasteiger partial charge in [0.05, 0.1) is 17.7 Å². The summed E-state index contributed by atoms with van der Waals surface area (Å²) in [5.41, 5.74) is 0.833. The van der Waals surface area contributed by atoms with Gasteiger partial charge < -0.3 is 25.0 Å². The van der Waals surface area contributed by atoms with E-state index in [1.165, 1.54) is 9.80 Å². The highest BCUT2D eigenvalue weighted by atomic mass is 16.6. The lowest BCUT2D eigenvalue weighted by molar-refractivity contribution is -0.137. The number of amides is 3. The molecule has 172 valence electrons. The van der Waals surface area contributed by atoms with E-state index < -0.39 is 23.6 Å². The Balaban J connectivity index is 2.03. The number of rotatable bonds is 6. The summed E-state index contributed by atoms with van der Waals surface area (Å²) in [6, 6.07) is 5.02. The molecule has 32 heavy (non-hydrogen) atoms. The Bertz CT molecular complexity index is 955. The van der Waals surface area contributed by atoms with E-state index in [2.05, 4.69) is 17.2 Å². The van der Waals surface area contributed by atoms with Crippen LogP contribution in [0.15, 0.2) is 18.2 Å². The molecule has 2 N–H and O–H groups in total. The number of anilines is 1. The van der Waals surface area contributed by atoms with E-state index in [0.29, 0.717) is 36.2 Å². The third-order valence-electron chi connectivity index (χ3n) is 4.55. The van der Waals surface area contributed by atoms with Gasteiger partial charge in [-0.25, -0.2) is 4.79 Å². The van der Waals surface area contributed by atoms with E-state index in [9.17, 15) is 19.2 Å². The van der Waals surface area contributed by atoms with Crippen LogP contribution >= 0.6 is 0 Å². The van der Waals surface area contributed by atoms with E-state index in [1.54, 1.807) is 46.0 Å². The van der Waals surface area contributed by atoms with Gasteiger partial charge >= 0.3 is 12.1 Å². The molecule has 0 saturated carbocycles. The molecule has 9 heteroatoms. The third-order valence-corrected chi connectivity index (χ3v) is 4.55. The smallest absolute Gasteiger partial charge is 0.407 e. The lowest BCUT2D eigenvalue weighted by Gasteiger charge is -2.19. The Morgan fingerprint density at radius 1 is 1.25 bits per heavy atom. The second-order valence-corrected chi connectivity index (χ2v) is 8.39. The number of ether oxygens (including phenoxy) is 1. The van der Waals surface area contributed by atoms with Crippen molar-refractivity contribution in [1.82, 2.24) is 10.2 Å². The maximum atomic E-state index is 12.9. The van der Waals surface area contributed by atoms with Crippen molar-refractivity contribution in [3.05, 3.63) is 29.3 Å². The van der Waals surface area contributed by atoms with E-state index in [-0.39, 0.29) is 25.4 Å². The number of carbonyl (C=O) groups is 4. The maximum absolute atomic E-state index is 12.9. The van der Waals surface area contributed by atoms with Crippen molar-refractivity contribution in [2.45, 2.75) is 45.6 Å². The van der Waals surface area contributed by atoms with Crippen LogP contribution in [0.1, 0.15) is 56.0 Å². The number of hydrogen-bond donors (Lipinski definition) is 2. The summed E-state index contributed by atoms with van der Waals surface area (Å²) in [6.07, 6.45) is 0.454. The maximum Gasteiger partial charge on any atom is 0.407 e. The average molecular weight is 444 g/mol. The first kappa shape index (κ1) is 24.7. The minimum absolute atomic E-state index is 0.0479. The molecule has 1 aromatic carbocycles. The van der Waals surface area contributed by atoms with Crippen LogP contribution in [0.2, 0.25) is 0 Å². The molecule has 9 nitrogen and oxygen atoms in total. The second-order valence-electron chi connectivity index (χ2n) is 8.39. The normalized spacial score (nSPS) is 13.6. The lowest BCUT2D eigenvalue weighted by Crippen LogP contribution is -2.38. The van der Waals surface area contributed by atoms with Crippen LogP contribution in [0, 0.1) is 11.8 Å². The monoisotopic (exact) mass is 443 g/mol. The van der Waals surface area contributed by atoms with Crippen molar-refractivity contribution in [2.75, 3.05) is 31.6 Å². The molecule has 3 amide bonds. The molecule has 0 unspecified atom stereocenters. The van der Waals surface area contributed by atoms with Gasteiger partial charge in [-0.05, 0) is 45.4 Å². The predicted octanol–water partition coefficient (Wildman–Crippen LogP) is 2.24. The van der Waals surface area contributed by atoms with Crippen molar-refractivity contribution in [1.29, 1.82) is 0 Å². The van der Waals surface area contributed by atoms with E-state index in [1.807, 2.05) is 0 Å². The van der Waals surface area contributed by atoms with Crippen LogP contribution in [0.5, 0.6) is 0 Å².